The van der Waals surface area contributed by atoms with Crippen molar-refractivity contribution in [2.75, 3.05) is 32.8 Å². The van der Waals surface area contributed by atoms with Crippen molar-refractivity contribution >= 4 is 28.8 Å². The third kappa shape index (κ3) is 5.85. The number of aromatic nitrogens is 1. The summed E-state index contributed by atoms with van der Waals surface area (Å²) < 4.78 is 7.51. The second kappa shape index (κ2) is 11.7. The molecule has 0 unspecified atom stereocenters. The lowest BCUT2D eigenvalue weighted by atomic mass is 9.87. The summed E-state index contributed by atoms with van der Waals surface area (Å²) in [5, 5.41) is 10.0. The van der Waals surface area contributed by atoms with E-state index in [-0.39, 0.29) is 18.4 Å². The summed E-state index contributed by atoms with van der Waals surface area (Å²) in [6.07, 6.45) is 9.11. The Morgan fingerprint density at radius 3 is 2.39 bits per heavy atom. The summed E-state index contributed by atoms with van der Waals surface area (Å²) in [6.45, 7) is 2.34. The Morgan fingerprint density at radius 1 is 0.895 bits per heavy atom. The lowest BCUT2D eigenvalue weighted by Gasteiger charge is -2.35. The number of aliphatic carboxylic acids is 1. The zero-order chi connectivity index (χ0) is 26.5. The number of carboxylic acid groups (broad SMARTS) is 1. The Kier molecular flexibility index (Phi) is 7.96. The lowest BCUT2D eigenvalue weighted by Crippen LogP contribution is -2.51. The van der Waals surface area contributed by atoms with Crippen molar-refractivity contribution in [3.63, 3.8) is 0 Å². The van der Waals surface area contributed by atoms with E-state index in [0.29, 0.717) is 49.4 Å². The van der Waals surface area contributed by atoms with Crippen LogP contribution in [0.15, 0.2) is 54.7 Å². The number of piperazine rings is 1. The van der Waals surface area contributed by atoms with E-state index in [0.717, 1.165) is 23.5 Å². The van der Waals surface area contributed by atoms with Crippen LogP contribution < -0.4 is 4.74 Å². The molecule has 1 aliphatic heterocycles. The maximum absolute atomic E-state index is 13.3. The van der Waals surface area contributed by atoms with Crippen LogP contribution in [0.2, 0.25) is 0 Å². The quantitative estimate of drug-likeness (QED) is 0.474. The van der Waals surface area contributed by atoms with Gasteiger partial charge in [0.25, 0.3) is 5.91 Å². The molecule has 1 aromatic heterocycles. The lowest BCUT2D eigenvalue weighted by molar-refractivity contribution is -0.136. The Hall–Kier alpha value is -3.81. The van der Waals surface area contributed by atoms with Crippen LogP contribution in [0.5, 0.6) is 5.75 Å². The molecule has 2 amide bonds. The van der Waals surface area contributed by atoms with E-state index in [2.05, 4.69) is 0 Å². The van der Waals surface area contributed by atoms with Crippen LogP contribution in [0.1, 0.15) is 54.4 Å². The summed E-state index contributed by atoms with van der Waals surface area (Å²) in [5.74, 6) is 0.467. The first kappa shape index (κ1) is 25.8. The molecule has 8 nitrogen and oxygen atoms in total. The average Bonchev–Trinajstić information content (AvgIpc) is 3.31. The molecule has 1 saturated heterocycles. The number of carboxylic acids is 1. The van der Waals surface area contributed by atoms with Crippen LogP contribution in [0.3, 0.4) is 0 Å². The van der Waals surface area contributed by atoms with Crippen LogP contribution in [-0.2, 0) is 11.2 Å². The summed E-state index contributed by atoms with van der Waals surface area (Å²) >= 11 is 0. The highest BCUT2D eigenvalue weighted by Gasteiger charge is 2.27. The minimum atomic E-state index is -0.939. The molecule has 200 valence electrons. The van der Waals surface area contributed by atoms with Gasteiger partial charge in [0, 0.05) is 43.3 Å². The first-order valence-electron chi connectivity index (χ1n) is 13.6. The maximum atomic E-state index is 13.3. The van der Waals surface area contributed by atoms with Crippen molar-refractivity contribution in [2.45, 2.75) is 44.9 Å². The second-order valence-electron chi connectivity index (χ2n) is 10.3. The van der Waals surface area contributed by atoms with Gasteiger partial charge in [-0.1, -0.05) is 56.4 Å². The molecule has 1 N–H and O–H groups in total. The summed E-state index contributed by atoms with van der Waals surface area (Å²) in [5.41, 5.74) is 1.89. The molecular formula is C30H35N3O5. The van der Waals surface area contributed by atoms with Crippen LogP contribution in [-0.4, -0.2) is 70.2 Å². The van der Waals surface area contributed by atoms with Gasteiger partial charge in [0.2, 0.25) is 0 Å². The second-order valence-corrected chi connectivity index (χ2v) is 10.3. The van der Waals surface area contributed by atoms with E-state index < -0.39 is 5.97 Å². The highest BCUT2D eigenvalue weighted by molar-refractivity contribution is 5.96. The van der Waals surface area contributed by atoms with Gasteiger partial charge in [-0.25, -0.2) is 4.79 Å². The fourth-order valence-corrected chi connectivity index (χ4v) is 5.69. The molecule has 8 heteroatoms. The molecular weight excluding hydrogens is 482 g/mol. The summed E-state index contributed by atoms with van der Waals surface area (Å²) in [4.78, 5) is 41.3. The normalized spacial score (nSPS) is 16.5. The highest BCUT2D eigenvalue weighted by atomic mass is 16.5. The maximum Gasteiger partial charge on any atom is 0.328 e. The molecule has 38 heavy (non-hydrogen) atoms. The SMILES string of the molecule is O=C(O)Cc1cn(C(=O)N2CCN(C(=O)c3cccc(OCCC4CCCCC4)c3)CC2)c2ccccc12. The predicted octanol–water partition coefficient (Wildman–Crippen LogP) is 5.04. The molecule has 0 radical (unpaired) electrons. The third-order valence-corrected chi connectivity index (χ3v) is 7.78. The Morgan fingerprint density at radius 2 is 1.63 bits per heavy atom. The number of hydrogen-bond donors (Lipinski definition) is 1. The summed E-state index contributed by atoms with van der Waals surface area (Å²) in [7, 11) is 0. The molecule has 0 bridgehead atoms. The number of nitrogens with zero attached hydrogens (tertiary/aromatic N) is 3. The number of fused-ring (bicyclic) bond motifs is 1. The Bertz CT molecular complexity index is 1300. The van der Waals surface area contributed by atoms with E-state index in [9.17, 15) is 19.5 Å². The van der Waals surface area contributed by atoms with Crippen molar-refractivity contribution < 1.29 is 24.2 Å². The minimum absolute atomic E-state index is 0.0648. The zero-order valence-electron chi connectivity index (χ0n) is 21.7. The monoisotopic (exact) mass is 517 g/mol. The number of amides is 2. The molecule has 1 saturated carbocycles. The number of carbonyl (C=O) groups is 3. The van der Waals surface area contributed by atoms with E-state index in [4.69, 9.17) is 4.74 Å². The van der Waals surface area contributed by atoms with Crippen LogP contribution in [0, 0.1) is 5.92 Å². The fraction of sp³-hybridized carbons (Fsp3) is 0.433. The minimum Gasteiger partial charge on any atom is -0.494 e. The van der Waals surface area contributed by atoms with Gasteiger partial charge in [0.15, 0.2) is 0 Å². The van der Waals surface area contributed by atoms with Gasteiger partial charge in [-0.2, -0.15) is 0 Å². The number of para-hydroxylation sites is 1. The third-order valence-electron chi connectivity index (χ3n) is 7.78. The first-order chi connectivity index (χ1) is 18.5. The molecule has 0 atom stereocenters. The van der Waals surface area contributed by atoms with Crippen molar-refractivity contribution in [1.29, 1.82) is 0 Å². The molecule has 2 heterocycles. The summed E-state index contributed by atoms with van der Waals surface area (Å²) in [6, 6.07) is 14.5. The molecule has 2 aromatic carbocycles. The molecule has 0 spiro atoms. The fourth-order valence-electron chi connectivity index (χ4n) is 5.69. The van der Waals surface area contributed by atoms with Gasteiger partial charge < -0.3 is 19.6 Å². The van der Waals surface area contributed by atoms with E-state index >= 15 is 0 Å². The number of hydrogen-bond acceptors (Lipinski definition) is 4. The Balaban J connectivity index is 1.18. The number of benzene rings is 2. The van der Waals surface area contributed by atoms with Gasteiger partial charge in [-0.05, 0) is 42.2 Å². The van der Waals surface area contributed by atoms with Gasteiger partial charge in [0.1, 0.15) is 5.75 Å². The van der Waals surface area contributed by atoms with E-state index in [1.165, 1.54) is 36.7 Å². The number of carbonyl (C=O) groups excluding carboxylic acids is 2. The van der Waals surface area contributed by atoms with Crippen LogP contribution in [0.25, 0.3) is 10.9 Å². The van der Waals surface area contributed by atoms with Gasteiger partial charge in [-0.3, -0.25) is 14.2 Å². The van der Waals surface area contributed by atoms with E-state index in [1.807, 2.05) is 48.5 Å². The van der Waals surface area contributed by atoms with Gasteiger partial charge in [-0.15, -0.1) is 0 Å². The van der Waals surface area contributed by atoms with E-state index in [1.54, 1.807) is 16.0 Å². The molecule has 2 fully saturated rings. The van der Waals surface area contributed by atoms with Gasteiger partial charge >= 0.3 is 12.0 Å². The van der Waals surface area contributed by atoms with Crippen molar-refractivity contribution in [1.82, 2.24) is 14.4 Å². The first-order valence-corrected chi connectivity index (χ1v) is 13.6. The highest BCUT2D eigenvalue weighted by Crippen LogP contribution is 2.27. The molecule has 2 aliphatic rings. The predicted molar refractivity (Wildman–Crippen MR) is 145 cm³/mol. The molecule has 5 rings (SSSR count). The standard InChI is InChI=1S/C30H35N3O5/c34-28(35)20-24-21-33(27-12-5-4-11-26(24)27)30(37)32-16-14-31(15-17-32)29(36)23-9-6-10-25(19-23)38-18-13-22-7-2-1-3-8-22/h4-6,9-12,19,21-22H,1-3,7-8,13-18,20H2,(H,34,35). The average molecular weight is 518 g/mol. The topological polar surface area (TPSA) is 92.1 Å². The smallest absolute Gasteiger partial charge is 0.328 e. The van der Waals surface area contributed by atoms with Crippen molar-refractivity contribution in [2.24, 2.45) is 5.92 Å². The number of ether oxygens (including phenoxy) is 1. The largest absolute Gasteiger partial charge is 0.494 e. The molecule has 1 aliphatic carbocycles. The zero-order valence-corrected chi connectivity index (χ0v) is 21.7. The number of rotatable bonds is 7. The van der Waals surface area contributed by atoms with Crippen LogP contribution in [0.4, 0.5) is 4.79 Å². The van der Waals surface area contributed by atoms with Crippen LogP contribution >= 0.6 is 0 Å². The van der Waals surface area contributed by atoms with Crippen molar-refractivity contribution in [3.05, 3.63) is 65.9 Å². The Labute approximate surface area is 222 Å². The van der Waals surface area contributed by atoms with Gasteiger partial charge in [0.05, 0.1) is 18.5 Å². The molecule has 3 aromatic rings. The van der Waals surface area contributed by atoms with Crippen molar-refractivity contribution in [3.8, 4) is 5.75 Å².